The number of carbonyl (C=O) groups is 1. The molecule has 1 fully saturated rings. The quantitative estimate of drug-likeness (QED) is 0.523. The number of fused-ring (bicyclic) bond motifs is 1. The van der Waals surface area contributed by atoms with Crippen LogP contribution < -0.4 is 5.73 Å². The Kier molecular flexibility index (Phi) is 4.46. The van der Waals surface area contributed by atoms with Crippen molar-refractivity contribution in [3.8, 4) is 11.1 Å². The fraction of sp³-hybridized carbons (Fsp3) is 0.250. The van der Waals surface area contributed by atoms with E-state index in [1.165, 1.54) is 0 Å². The first-order chi connectivity index (χ1) is 12.9. The molecule has 1 aromatic heterocycles. The second-order valence-corrected chi connectivity index (χ2v) is 9.42. The van der Waals surface area contributed by atoms with Crippen LogP contribution in [0.1, 0.15) is 34.7 Å². The monoisotopic (exact) mass is 388 g/mol. The minimum atomic E-state index is -2.48. The van der Waals surface area contributed by atoms with Crippen LogP contribution in [0.15, 0.2) is 42.6 Å². The number of aromatic nitrogens is 1. The van der Waals surface area contributed by atoms with Crippen LogP contribution in [0.4, 0.5) is 4.39 Å². The minimum absolute atomic E-state index is 0.119. The molecule has 2 aromatic carbocycles. The number of primary amides is 1. The summed E-state index contributed by atoms with van der Waals surface area (Å²) >= 11 is 0. The number of H-pyrrole nitrogens is 1. The molecule has 7 heteroatoms. The Balaban J connectivity index is 1.89. The molecule has 0 unspecified atom stereocenters. The van der Waals surface area contributed by atoms with Gasteiger partial charge in [-0.05, 0) is 36.0 Å². The van der Waals surface area contributed by atoms with Gasteiger partial charge in [0.15, 0.2) is 0 Å². The second kappa shape index (κ2) is 6.67. The number of amides is 1. The maximum absolute atomic E-state index is 15.1. The lowest BCUT2D eigenvalue weighted by Gasteiger charge is -2.39. The number of nitrogens with one attached hydrogen (secondary N) is 1. The van der Waals surface area contributed by atoms with Gasteiger partial charge in [-0.25, -0.2) is 4.39 Å². The lowest BCUT2D eigenvalue weighted by Crippen LogP contribution is -2.19. The molecule has 1 saturated heterocycles. The van der Waals surface area contributed by atoms with E-state index in [4.69, 9.17) is 5.73 Å². The molecular formula is C20H21FN2O3S. The largest absolute Gasteiger partial charge is 0.365 e. The molecule has 5 nitrogen and oxygen atoms in total. The molecule has 1 amide bonds. The van der Waals surface area contributed by atoms with Gasteiger partial charge in [0.1, 0.15) is 5.82 Å². The average Bonchev–Trinajstić information content (AvgIpc) is 3.05. The molecule has 0 bridgehead atoms. The maximum atomic E-state index is 15.1. The van der Waals surface area contributed by atoms with Crippen LogP contribution in [-0.4, -0.2) is 31.5 Å². The van der Waals surface area contributed by atoms with E-state index in [0.717, 1.165) is 10.9 Å². The summed E-state index contributed by atoms with van der Waals surface area (Å²) < 4.78 is 34.8. The molecular weight excluding hydrogens is 367 g/mol. The molecule has 3 aromatic rings. The summed E-state index contributed by atoms with van der Waals surface area (Å²) in [6.07, 6.45) is 3.06. The van der Waals surface area contributed by atoms with Gasteiger partial charge in [-0.15, -0.1) is 0 Å². The third-order valence-corrected chi connectivity index (χ3v) is 7.08. The first kappa shape index (κ1) is 18.0. The second-order valence-electron chi connectivity index (χ2n) is 6.99. The van der Waals surface area contributed by atoms with Crippen LogP contribution in [0.2, 0.25) is 0 Å². The molecule has 0 radical (unpaired) electrons. The Bertz CT molecular complexity index is 1010. The maximum Gasteiger partial charge on any atom is 0.253 e. The summed E-state index contributed by atoms with van der Waals surface area (Å²) in [6.45, 7) is 0. The summed E-state index contributed by atoms with van der Waals surface area (Å²) in [5.41, 5.74) is 7.70. The van der Waals surface area contributed by atoms with Crippen molar-refractivity contribution in [3.05, 3.63) is 59.5 Å². The Hall–Kier alpha value is -2.35. The summed E-state index contributed by atoms with van der Waals surface area (Å²) in [4.78, 5) is 15.0. The molecule has 5 N–H and O–H groups in total. The lowest BCUT2D eigenvalue weighted by atomic mass is 9.90. The van der Waals surface area contributed by atoms with Crippen molar-refractivity contribution in [1.29, 1.82) is 0 Å². The van der Waals surface area contributed by atoms with E-state index in [0.29, 0.717) is 41.0 Å². The van der Waals surface area contributed by atoms with Crippen molar-refractivity contribution < 1.29 is 18.3 Å². The predicted molar refractivity (Wildman–Crippen MR) is 107 cm³/mol. The minimum Gasteiger partial charge on any atom is -0.365 e. The van der Waals surface area contributed by atoms with Crippen LogP contribution in [0, 0.1) is 5.82 Å². The highest BCUT2D eigenvalue weighted by Crippen LogP contribution is 2.49. The fourth-order valence-corrected chi connectivity index (χ4v) is 5.41. The number of halogens is 1. The van der Waals surface area contributed by atoms with Crippen LogP contribution in [0.25, 0.3) is 22.0 Å². The van der Waals surface area contributed by atoms with Gasteiger partial charge >= 0.3 is 0 Å². The summed E-state index contributed by atoms with van der Waals surface area (Å²) in [5, 5.41) is 0.757. The average molecular weight is 388 g/mol. The van der Waals surface area contributed by atoms with E-state index in [1.807, 2.05) is 18.2 Å². The Morgan fingerprint density at radius 1 is 1.19 bits per heavy atom. The summed E-state index contributed by atoms with van der Waals surface area (Å²) in [5.74, 6) is -0.609. The topological polar surface area (TPSA) is 99.3 Å². The van der Waals surface area contributed by atoms with Gasteiger partial charge in [-0.1, -0.05) is 30.3 Å². The van der Waals surface area contributed by atoms with Crippen molar-refractivity contribution in [3.63, 3.8) is 0 Å². The molecule has 0 atom stereocenters. The highest BCUT2D eigenvalue weighted by Gasteiger charge is 2.29. The fourth-order valence-electron chi connectivity index (χ4n) is 3.88. The SMILES string of the molecule is NC(=O)c1c(F)c(-c2ccccc2)cc2c(C3CCS(O)(O)CC3)c[nH]c12. The first-order valence-corrected chi connectivity index (χ1v) is 10.7. The highest BCUT2D eigenvalue weighted by molar-refractivity contribution is 8.24. The molecule has 1 aliphatic rings. The van der Waals surface area contributed by atoms with E-state index in [2.05, 4.69) is 4.98 Å². The van der Waals surface area contributed by atoms with Gasteiger partial charge in [0.2, 0.25) is 0 Å². The molecule has 142 valence electrons. The van der Waals surface area contributed by atoms with E-state index in [9.17, 15) is 13.9 Å². The van der Waals surface area contributed by atoms with Crippen LogP contribution in [0.3, 0.4) is 0 Å². The smallest absolute Gasteiger partial charge is 0.253 e. The third kappa shape index (κ3) is 3.22. The summed E-state index contributed by atoms with van der Waals surface area (Å²) in [6, 6.07) is 10.8. The van der Waals surface area contributed by atoms with E-state index in [1.54, 1.807) is 24.4 Å². The predicted octanol–water partition coefficient (Wildman–Crippen LogP) is 4.70. The van der Waals surface area contributed by atoms with Crippen LogP contribution in [-0.2, 0) is 0 Å². The van der Waals surface area contributed by atoms with E-state index >= 15 is 4.39 Å². The van der Waals surface area contributed by atoms with Gasteiger partial charge in [0.25, 0.3) is 5.91 Å². The van der Waals surface area contributed by atoms with E-state index in [-0.39, 0.29) is 11.5 Å². The van der Waals surface area contributed by atoms with Gasteiger partial charge in [-0.3, -0.25) is 13.9 Å². The molecule has 27 heavy (non-hydrogen) atoms. The van der Waals surface area contributed by atoms with Crippen molar-refractivity contribution in [1.82, 2.24) is 4.98 Å². The van der Waals surface area contributed by atoms with Crippen molar-refractivity contribution in [2.75, 3.05) is 11.5 Å². The lowest BCUT2D eigenvalue weighted by molar-refractivity contribution is 0.0998. The molecule has 0 spiro atoms. The summed E-state index contributed by atoms with van der Waals surface area (Å²) in [7, 11) is -2.48. The molecule has 4 rings (SSSR count). The Morgan fingerprint density at radius 2 is 1.85 bits per heavy atom. The normalized spacial score (nSPS) is 18.5. The van der Waals surface area contributed by atoms with E-state index < -0.39 is 22.3 Å². The number of hydrogen-bond acceptors (Lipinski definition) is 3. The third-order valence-electron chi connectivity index (χ3n) is 5.30. The number of rotatable bonds is 3. The first-order valence-electron chi connectivity index (χ1n) is 8.79. The Morgan fingerprint density at radius 3 is 2.48 bits per heavy atom. The van der Waals surface area contributed by atoms with Crippen LogP contribution in [0.5, 0.6) is 0 Å². The van der Waals surface area contributed by atoms with Crippen molar-refractivity contribution in [2.24, 2.45) is 5.73 Å². The van der Waals surface area contributed by atoms with Crippen LogP contribution >= 0.6 is 10.6 Å². The number of aromatic amines is 1. The van der Waals surface area contributed by atoms with Gasteiger partial charge < -0.3 is 10.7 Å². The number of benzene rings is 2. The van der Waals surface area contributed by atoms with Gasteiger partial charge in [0.05, 0.1) is 11.1 Å². The van der Waals surface area contributed by atoms with Gasteiger partial charge in [-0.2, -0.15) is 10.6 Å². The number of hydrogen-bond donors (Lipinski definition) is 4. The zero-order valence-corrected chi connectivity index (χ0v) is 15.4. The molecule has 1 aliphatic heterocycles. The Labute approximate surface area is 157 Å². The van der Waals surface area contributed by atoms with Crippen molar-refractivity contribution in [2.45, 2.75) is 18.8 Å². The van der Waals surface area contributed by atoms with Crippen molar-refractivity contribution >= 4 is 27.4 Å². The molecule has 2 heterocycles. The number of carbonyl (C=O) groups excluding carboxylic acids is 1. The van der Waals surface area contributed by atoms with Gasteiger partial charge in [0, 0.05) is 28.7 Å². The zero-order chi connectivity index (χ0) is 19.2. The number of nitrogens with two attached hydrogens (primary N) is 1. The standard InChI is InChI=1S/C20H21FN2O3S/c21-18-14(12-4-2-1-3-5-12)10-15-16(11-23-19(15)17(18)20(22)24)13-6-8-27(25,26)9-7-13/h1-5,10-11,13,23,25-26H,6-9H2,(H2,22,24). The highest BCUT2D eigenvalue weighted by atomic mass is 32.3. The molecule has 0 saturated carbocycles. The molecule has 0 aliphatic carbocycles. The zero-order valence-electron chi connectivity index (χ0n) is 14.6.